The van der Waals surface area contributed by atoms with Crippen molar-refractivity contribution in [2.75, 3.05) is 23.4 Å². The van der Waals surface area contributed by atoms with Gasteiger partial charge in [-0.1, -0.05) is 43.3 Å². The normalized spacial score (nSPS) is 11.5. The Morgan fingerprint density at radius 2 is 1.60 bits per heavy atom. The summed E-state index contributed by atoms with van der Waals surface area (Å²) in [7, 11) is 0. The number of nitrogens with zero attached hydrogens (tertiary/aromatic N) is 2. The summed E-state index contributed by atoms with van der Waals surface area (Å²) in [6, 6.07) is 12.6. The third-order valence-corrected chi connectivity index (χ3v) is 4.54. The number of guanidine groups is 1. The Morgan fingerprint density at radius 1 is 1.00 bits per heavy atom. The Bertz CT molecular complexity index is 729. The molecule has 0 radical (unpaired) electrons. The zero-order chi connectivity index (χ0) is 18.4. The first-order chi connectivity index (χ1) is 12.0. The van der Waals surface area contributed by atoms with Crippen LogP contribution in [0.25, 0.3) is 0 Å². The molecule has 0 aliphatic rings. The predicted octanol–water partition coefficient (Wildman–Crippen LogP) is 4.38. The van der Waals surface area contributed by atoms with Crippen molar-refractivity contribution >= 4 is 17.3 Å². The fourth-order valence-electron chi connectivity index (χ4n) is 3.23. The maximum absolute atomic E-state index is 6.31. The smallest absolute Gasteiger partial charge is 0.197 e. The molecule has 0 aromatic heterocycles. The van der Waals surface area contributed by atoms with E-state index in [1.54, 1.807) is 0 Å². The zero-order valence-electron chi connectivity index (χ0n) is 16.1. The van der Waals surface area contributed by atoms with Gasteiger partial charge in [0.15, 0.2) is 5.96 Å². The lowest BCUT2D eigenvalue weighted by molar-refractivity contribution is 0.996. The van der Waals surface area contributed by atoms with Crippen molar-refractivity contribution in [2.45, 2.75) is 41.0 Å². The molecule has 0 amide bonds. The number of hydrogen-bond acceptors (Lipinski definition) is 2. The first kappa shape index (κ1) is 18.8. The summed E-state index contributed by atoms with van der Waals surface area (Å²) >= 11 is 0. The summed E-state index contributed by atoms with van der Waals surface area (Å²) in [4.78, 5) is 6.65. The van der Waals surface area contributed by atoms with Gasteiger partial charge in [0.05, 0.1) is 0 Å². The van der Waals surface area contributed by atoms with Crippen LogP contribution in [0.15, 0.2) is 41.4 Å². The molecule has 0 aliphatic heterocycles. The van der Waals surface area contributed by atoms with Gasteiger partial charge in [-0.15, -0.1) is 0 Å². The molecule has 0 saturated carbocycles. The van der Waals surface area contributed by atoms with Crippen LogP contribution < -0.4 is 16.0 Å². The maximum atomic E-state index is 6.31. The number of aliphatic imine (C=N–C) groups is 1. The molecule has 25 heavy (non-hydrogen) atoms. The minimum atomic E-state index is 0.463. The fourth-order valence-corrected chi connectivity index (χ4v) is 3.23. The van der Waals surface area contributed by atoms with E-state index in [1.807, 2.05) is 0 Å². The summed E-state index contributed by atoms with van der Waals surface area (Å²) in [6.45, 7) is 11.8. The zero-order valence-corrected chi connectivity index (χ0v) is 16.1. The summed E-state index contributed by atoms with van der Waals surface area (Å²) < 4.78 is 0. The van der Waals surface area contributed by atoms with E-state index in [0.29, 0.717) is 12.6 Å². The van der Waals surface area contributed by atoms with Crippen LogP contribution in [0.5, 0.6) is 0 Å². The molecule has 4 heteroatoms. The quantitative estimate of drug-likeness (QED) is 0.607. The van der Waals surface area contributed by atoms with Crippen LogP contribution in [-0.2, 0) is 6.42 Å². The predicted molar refractivity (Wildman–Crippen MR) is 110 cm³/mol. The lowest BCUT2D eigenvalue weighted by Crippen LogP contribution is -2.38. The first-order valence-electron chi connectivity index (χ1n) is 8.95. The number of nitrogens with one attached hydrogen (secondary N) is 1. The molecule has 0 saturated heterocycles. The van der Waals surface area contributed by atoms with Gasteiger partial charge in [0.1, 0.15) is 6.67 Å². The van der Waals surface area contributed by atoms with E-state index in [1.165, 1.54) is 22.3 Å². The number of hydrogen-bond donors (Lipinski definition) is 2. The van der Waals surface area contributed by atoms with Gasteiger partial charge in [-0.25, -0.2) is 4.99 Å². The molecular formula is C21H30N4. The molecule has 0 aliphatic carbocycles. The summed E-state index contributed by atoms with van der Waals surface area (Å²) in [5.74, 6) is 0.541. The van der Waals surface area contributed by atoms with Crippen LogP contribution in [-0.4, -0.2) is 19.2 Å². The topological polar surface area (TPSA) is 53.6 Å². The first-order valence-corrected chi connectivity index (χ1v) is 8.95. The maximum Gasteiger partial charge on any atom is 0.197 e. The van der Waals surface area contributed by atoms with Crippen LogP contribution in [0.3, 0.4) is 0 Å². The van der Waals surface area contributed by atoms with Crippen molar-refractivity contribution in [2.24, 2.45) is 10.7 Å². The van der Waals surface area contributed by atoms with Crippen molar-refractivity contribution < 1.29 is 0 Å². The minimum Gasteiger partial charge on any atom is -0.369 e. The van der Waals surface area contributed by atoms with Gasteiger partial charge in [-0.2, -0.15) is 0 Å². The third-order valence-electron chi connectivity index (χ3n) is 4.54. The van der Waals surface area contributed by atoms with E-state index in [-0.39, 0.29) is 0 Å². The van der Waals surface area contributed by atoms with Crippen molar-refractivity contribution in [3.63, 3.8) is 0 Å². The summed E-state index contributed by atoms with van der Waals surface area (Å²) in [6.07, 6.45) is 0.993. The molecular weight excluding hydrogens is 308 g/mol. The van der Waals surface area contributed by atoms with Crippen LogP contribution in [0.2, 0.25) is 0 Å². The number of para-hydroxylation sites is 2. The third kappa shape index (κ3) is 4.32. The summed E-state index contributed by atoms with van der Waals surface area (Å²) in [5.41, 5.74) is 13.6. The van der Waals surface area contributed by atoms with Gasteiger partial charge in [-0.3, -0.25) is 0 Å². The van der Waals surface area contributed by atoms with Crippen molar-refractivity contribution in [3.8, 4) is 0 Å². The van der Waals surface area contributed by atoms with Gasteiger partial charge in [-0.05, 0) is 56.4 Å². The van der Waals surface area contributed by atoms with Gasteiger partial charge in [0.25, 0.3) is 0 Å². The standard InChI is InChI=1S/C21H30N4/c1-6-18-13-9-10-15(3)19(18)23-14-24-21(22)25(7-2)20-16(4)11-8-12-17(20)5/h8-13,23H,6-7,14H2,1-5H3,(H2,22,24). The lowest BCUT2D eigenvalue weighted by Gasteiger charge is -2.26. The van der Waals surface area contributed by atoms with Crippen molar-refractivity contribution in [1.29, 1.82) is 0 Å². The van der Waals surface area contributed by atoms with Gasteiger partial charge >= 0.3 is 0 Å². The van der Waals surface area contributed by atoms with E-state index < -0.39 is 0 Å². The Labute approximate surface area is 151 Å². The largest absolute Gasteiger partial charge is 0.369 e. The Balaban J connectivity index is 2.18. The molecule has 2 rings (SSSR count). The van der Waals surface area contributed by atoms with E-state index in [9.17, 15) is 0 Å². The molecule has 2 aromatic carbocycles. The van der Waals surface area contributed by atoms with Crippen molar-refractivity contribution in [1.82, 2.24) is 0 Å². The molecule has 0 spiro atoms. The second kappa shape index (κ2) is 8.56. The van der Waals surface area contributed by atoms with E-state index in [4.69, 9.17) is 5.73 Å². The SMILES string of the molecule is CCc1cccc(C)c1NCN=C(N)N(CC)c1c(C)cccc1C. The Morgan fingerprint density at radius 3 is 2.20 bits per heavy atom. The number of aryl methyl sites for hydroxylation is 4. The molecule has 3 N–H and O–H groups in total. The molecule has 2 aromatic rings. The highest BCUT2D eigenvalue weighted by Crippen LogP contribution is 2.24. The van der Waals surface area contributed by atoms with E-state index in [2.05, 4.69) is 86.2 Å². The number of nitrogens with two attached hydrogens (primary N) is 1. The van der Waals surface area contributed by atoms with Crippen LogP contribution in [0, 0.1) is 20.8 Å². The molecule has 134 valence electrons. The Kier molecular flexibility index (Phi) is 6.45. The van der Waals surface area contributed by atoms with E-state index in [0.717, 1.165) is 24.3 Å². The second-order valence-corrected chi connectivity index (χ2v) is 6.30. The summed E-state index contributed by atoms with van der Waals surface area (Å²) in [5, 5.41) is 3.43. The molecule has 0 fully saturated rings. The number of anilines is 2. The highest BCUT2D eigenvalue weighted by atomic mass is 15.3. The average Bonchev–Trinajstić information content (AvgIpc) is 2.59. The molecule has 0 bridgehead atoms. The molecule has 4 nitrogen and oxygen atoms in total. The molecule has 0 heterocycles. The van der Waals surface area contributed by atoms with Crippen LogP contribution in [0.1, 0.15) is 36.1 Å². The number of benzene rings is 2. The van der Waals surface area contributed by atoms with Gasteiger partial charge in [0.2, 0.25) is 0 Å². The highest BCUT2D eigenvalue weighted by molar-refractivity contribution is 5.96. The highest BCUT2D eigenvalue weighted by Gasteiger charge is 2.13. The average molecular weight is 338 g/mol. The lowest BCUT2D eigenvalue weighted by atomic mass is 10.1. The van der Waals surface area contributed by atoms with Crippen LogP contribution >= 0.6 is 0 Å². The Hall–Kier alpha value is -2.49. The molecule has 0 atom stereocenters. The fraction of sp³-hybridized carbons (Fsp3) is 0.381. The van der Waals surface area contributed by atoms with Crippen LogP contribution in [0.4, 0.5) is 11.4 Å². The van der Waals surface area contributed by atoms with Gasteiger partial charge < -0.3 is 16.0 Å². The molecule has 0 unspecified atom stereocenters. The van der Waals surface area contributed by atoms with E-state index >= 15 is 0 Å². The monoisotopic (exact) mass is 338 g/mol. The minimum absolute atomic E-state index is 0.463. The number of rotatable bonds is 6. The van der Waals surface area contributed by atoms with Crippen molar-refractivity contribution in [3.05, 3.63) is 58.7 Å². The second-order valence-electron chi connectivity index (χ2n) is 6.30. The van der Waals surface area contributed by atoms with Gasteiger partial charge in [0, 0.05) is 17.9 Å².